The molecule has 0 amide bonds. The van der Waals surface area contributed by atoms with Crippen LogP contribution in [0.3, 0.4) is 0 Å². The van der Waals surface area contributed by atoms with Crippen molar-refractivity contribution >= 4 is 30.6 Å². The molecule has 3 aromatic rings. The predicted octanol–water partition coefficient (Wildman–Crippen LogP) is 6.13. The molecule has 7 heteroatoms. The van der Waals surface area contributed by atoms with Gasteiger partial charge in [-0.25, -0.2) is 0 Å². The molecule has 0 saturated heterocycles. The topological polar surface area (TPSA) is 52.6 Å². The number of hydrogen-bond acceptors (Lipinski definition) is 4. The fourth-order valence-electron chi connectivity index (χ4n) is 2.75. The molecule has 30 heavy (non-hydrogen) atoms. The van der Waals surface area contributed by atoms with Gasteiger partial charge in [-0.1, -0.05) is 0 Å². The monoisotopic (exact) mass is 542 g/mol. The summed E-state index contributed by atoms with van der Waals surface area (Å²) in [4.78, 5) is 0. The van der Waals surface area contributed by atoms with E-state index in [-0.39, 0.29) is 5.75 Å². The molecule has 0 aliphatic heterocycles. The van der Waals surface area contributed by atoms with Gasteiger partial charge in [0.1, 0.15) is 0 Å². The van der Waals surface area contributed by atoms with Gasteiger partial charge in [-0.05, 0) is 0 Å². The second-order valence-electron chi connectivity index (χ2n) is 7.28. The van der Waals surface area contributed by atoms with Crippen LogP contribution in [-0.4, -0.2) is 8.42 Å². The zero-order chi connectivity index (χ0) is 21.7. The van der Waals surface area contributed by atoms with Crippen molar-refractivity contribution in [3.63, 3.8) is 0 Å². The molecule has 0 aromatic heterocycles. The third kappa shape index (κ3) is 6.52. The molecule has 0 N–H and O–H groups in total. The van der Waals surface area contributed by atoms with E-state index < -0.39 is 36.5 Å². The Bertz CT molecular complexity index is 1060. The van der Waals surface area contributed by atoms with Crippen LogP contribution in [0.5, 0.6) is 5.75 Å². The Kier molecular flexibility index (Phi) is 7.49. The zero-order valence-corrected chi connectivity index (χ0v) is 20.0. The summed E-state index contributed by atoms with van der Waals surface area (Å²) in [6, 6.07) is 20.4. The molecule has 4 nitrogen and oxygen atoms in total. The van der Waals surface area contributed by atoms with Gasteiger partial charge in [-0.15, -0.1) is 0 Å². The summed E-state index contributed by atoms with van der Waals surface area (Å²) in [5, 5.41) is 0. The van der Waals surface area contributed by atoms with E-state index in [1.165, 1.54) is 17.7 Å². The standard InChI is InChI=1S/C23H24FIO4S/c1-17(2)16-19-6-12-22(13-7-19)25(21-10-4-18(3)5-11-21)29-30(26,27)28-23-14-8-20(24)9-15-23/h4-15,17H,16H2,1-3H3. The summed E-state index contributed by atoms with van der Waals surface area (Å²) >= 11 is -2.81. The van der Waals surface area contributed by atoms with Crippen molar-refractivity contribution in [3.8, 4) is 5.75 Å². The fourth-order valence-corrected chi connectivity index (χ4v) is 8.95. The number of hydrogen-bond donors (Lipinski definition) is 0. The zero-order valence-electron chi connectivity index (χ0n) is 17.0. The van der Waals surface area contributed by atoms with Crippen molar-refractivity contribution in [1.82, 2.24) is 0 Å². The Morgan fingerprint density at radius 1 is 0.867 bits per heavy atom. The summed E-state index contributed by atoms with van der Waals surface area (Å²) in [6.45, 7) is 6.28. The van der Waals surface area contributed by atoms with Crippen molar-refractivity contribution in [1.29, 1.82) is 0 Å². The first-order valence-corrected chi connectivity index (χ1v) is 13.8. The summed E-state index contributed by atoms with van der Waals surface area (Å²) < 4.78 is 50.7. The number of benzene rings is 3. The Balaban J connectivity index is 1.89. The maximum atomic E-state index is 13.1. The van der Waals surface area contributed by atoms with E-state index in [9.17, 15) is 12.8 Å². The Morgan fingerprint density at radius 2 is 1.40 bits per heavy atom. The van der Waals surface area contributed by atoms with E-state index in [1.54, 1.807) is 0 Å². The van der Waals surface area contributed by atoms with E-state index in [0.717, 1.165) is 31.3 Å². The summed E-state index contributed by atoms with van der Waals surface area (Å²) in [5.41, 5.74) is 2.27. The molecule has 0 fully saturated rings. The van der Waals surface area contributed by atoms with Crippen molar-refractivity contribution in [3.05, 3.63) is 96.9 Å². The van der Waals surface area contributed by atoms with Crippen LogP contribution in [0.25, 0.3) is 0 Å². The summed E-state index contributed by atoms with van der Waals surface area (Å²) in [7, 11) is -4.34. The SMILES string of the molecule is Cc1ccc(I(OS(=O)(=O)Oc2ccc(F)cc2)c2ccc(CC(C)C)cc2)cc1. The molecule has 0 atom stereocenters. The Labute approximate surface area is 185 Å². The van der Waals surface area contributed by atoms with Crippen LogP contribution in [0.2, 0.25) is 0 Å². The average molecular weight is 542 g/mol. The van der Waals surface area contributed by atoms with Crippen LogP contribution in [-0.2, 0) is 19.3 Å². The van der Waals surface area contributed by atoms with Gasteiger partial charge in [0.2, 0.25) is 0 Å². The van der Waals surface area contributed by atoms with E-state index in [4.69, 9.17) is 6.70 Å². The molecule has 3 aromatic carbocycles. The van der Waals surface area contributed by atoms with Crippen LogP contribution in [0.15, 0.2) is 72.8 Å². The van der Waals surface area contributed by atoms with Gasteiger partial charge >= 0.3 is 186 Å². The van der Waals surface area contributed by atoms with E-state index in [0.29, 0.717) is 5.92 Å². The first-order valence-electron chi connectivity index (χ1n) is 9.47. The summed E-state index contributed by atoms with van der Waals surface area (Å²) in [6.07, 6.45) is 0.950. The number of rotatable bonds is 8. The van der Waals surface area contributed by atoms with E-state index in [1.807, 2.05) is 55.5 Å². The average Bonchev–Trinajstić information content (AvgIpc) is 2.69. The molecule has 0 aliphatic rings. The van der Waals surface area contributed by atoms with Crippen LogP contribution >= 0.6 is 20.2 Å². The number of aryl methyl sites for hydroxylation is 1. The Hall–Kier alpha value is -1.97. The normalized spacial score (nSPS) is 12.1. The molecule has 0 radical (unpaired) electrons. The van der Waals surface area contributed by atoms with Crippen LogP contribution < -0.4 is 4.18 Å². The molecule has 3 rings (SSSR count). The third-order valence-electron chi connectivity index (χ3n) is 4.12. The van der Waals surface area contributed by atoms with Crippen LogP contribution in [0, 0.1) is 25.8 Å². The molecule has 0 heterocycles. The maximum absolute atomic E-state index is 13.1. The molecule has 0 bridgehead atoms. The van der Waals surface area contributed by atoms with Crippen molar-refractivity contribution in [2.75, 3.05) is 0 Å². The van der Waals surface area contributed by atoms with Gasteiger partial charge in [0.15, 0.2) is 0 Å². The fraction of sp³-hybridized carbons (Fsp3) is 0.217. The molecule has 0 unspecified atom stereocenters. The van der Waals surface area contributed by atoms with Crippen molar-refractivity contribution in [2.24, 2.45) is 5.92 Å². The minimum absolute atomic E-state index is 0.00316. The van der Waals surface area contributed by atoms with Gasteiger partial charge in [0.05, 0.1) is 0 Å². The Morgan fingerprint density at radius 3 is 1.93 bits per heavy atom. The first-order chi connectivity index (χ1) is 14.2. The predicted molar refractivity (Wildman–Crippen MR) is 125 cm³/mol. The second-order valence-corrected chi connectivity index (χ2v) is 13.4. The van der Waals surface area contributed by atoms with Crippen LogP contribution in [0.1, 0.15) is 25.0 Å². The van der Waals surface area contributed by atoms with Crippen molar-refractivity contribution in [2.45, 2.75) is 27.2 Å². The van der Waals surface area contributed by atoms with Crippen molar-refractivity contribution < 1.29 is 19.5 Å². The van der Waals surface area contributed by atoms with Crippen LogP contribution in [0.4, 0.5) is 4.39 Å². The van der Waals surface area contributed by atoms with Gasteiger partial charge in [0, 0.05) is 0 Å². The minimum atomic E-state index is -4.34. The first kappa shape index (κ1) is 22.7. The van der Waals surface area contributed by atoms with E-state index >= 15 is 0 Å². The van der Waals surface area contributed by atoms with Gasteiger partial charge < -0.3 is 0 Å². The van der Waals surface area contributed by atoms with Gasteiger partial charge in [-0.2, -0.15) is 0 Å². The van der Waals surface area contributed by atoms with E-state index in [2.05, 4.69) is 13.8 Å². The molecule has 0 spiro atoms. The molecular formula is C23H24FIO4S. The summed E-state index contributed by atoms with van der Waals surface area (Å²) in [5.74, 6) is 0.0574. The molecule has 0 aliphatic carbocycles. The quantitative estimate of drug-likeness (QED) is 0.322. The van der Waals surface area contributed by atoms with Gasteiger partial charge in [-0.3, -0.25) is 0 Å². The van der Waals surface area contributed by atoms with Gasteiger partial charge in [0.25, 0.3) is 0 Å². The number of halogens is 2. The molecular weight excluding hydrogens is 518 g/mol. The molecule has 0 saturated carbocycles. The second kappa shape index (κ2) is 9.89. The molecule has 160 valence electrons. The third-order valence-corrected chi connectivity index (χ3v) is 10.9.